The molecule has 2 aromatic rings. The SMILES string of the molecule is COCCCN1C(=O)C(Nc2cc(C)ccc2C)=C(c2ccc(Cl)cc2)C1=O. The molecule has 0 saturated heterocycles. The fourth-order valence-electron chi connectivity index (χ4n) is 3.15. The Morgan fingerprint density at radius 2 is 1.75 bits per heavy atom. The molecule has 146 valence electrons. The lowest BCUT2D eigenvalue weighted by atomic mass is 10.0. The van der Waals surface area contributed by atoms with Gasteiger partial charge in [-0.15, -0.1) is 0 Å². The zero-order chi connectivity index (χ0) is 20.3. The summed E-state index contributed by atoms with van der Waals surface area (Å²) >= 11 is 5.99. The molecule has 0 aromatic heterocycles. The molecular formula is C22H23ClN2O3. The predicted molar refractivity (Wildman–Crippen MR) is 111 cm³/mol. The van der Waals surface area contributed by atoms with Gasteiger partial charge in [-0.25, -0.2) is 0 Å². The summed E-state index contributed by atoms with van der Waals surface area (Å²) in [6.07, 6.45) is 0.582. The zero-order valence-corrected chi connectivity index (χ0v) is 17.0. The first-order valence-electron chi connectivity index (χ1n) is 9.12. The minimum atomic E-state index is -0.327. The summed E-state index contributed by atoms with van der Waals surface area (Å²) in [6.45, 7) is 4.73. The monoisotopic (exact) mass is 398 g/mol. The molecule has 6 heteroatoms. The maximum atomic E-state index is 13.1. The number of methoxy groups -OCH3 is 1. The highest BCUT2D eigenvalue weighted by molar-refractivity contribution is 6.37. The van der Waals surface area contributed by atoms with Gasteiger partial charge in [0.1, 0.15) is 5.70 Å². The second-order valence-electron chi connectivity index (χ2n) is 6.81. The number of carbonyl (C=O) groups is 2. The van der Waals surface area contributed by atoms with Gasteiger partial charge >= 0.3 is 0 Å². The molecule has 5 nitrogen and oxygen atoms in total. The molecule has 0 spiro atoms. The highest BCUT2D eigenvalue weighted by Crippen LogP contribution is 2.32. The van der Waals surface area contributed by atoms with Crippen molar-refractivity contribution in [1.82, 2.24) is 4.90 Å². The standard InChI is InChI=1S/C22H23ClN2O3/c1-14-5-6-15(2)18(13-14)24-20-19(16-7-9-17(23)10-8-16)21(26)25(22(20)27)11-4-12-28-3/h5-10,13,24H,4,11-12H2,1-3H3. The van der Waals surface area contributed by atoms with E-state index < -0.39 is 0 Å². The van der Waals surface area contributed by atoms with Gasteiger partial charge in [-0.05, 0) is 55.2 Å². The third-order valence-corrected chi connectivity index (χ3v) is 4.94. The number of ether oxygens (including phenoxy) is 1. The molecule has 2 amide bonds. The molecule has 1 N–H and O–H groups in total. The van der Waals surface area contributed by atoms with Gasteiger partial charge in [-0.2, -0.15) is 0 Å². The highest BCUT2D eigenvalue weighted by atomic mass is 35.5. The third kappa shape index (κ3) is 4.11. The summed E-state index contributed by atoms with van der Waals surface area (Å²) in [4.78, 5) is 27.4. The van der Waals surface area contributed by atoms with Crippen molar-refractivity contribution in [3.8, 4) is 0 Å². The Kier molecular flexibility index (Phi) is 6.17. The number of anilines is 1. The van der Waals surface area contributed by atoms with Crippen molar-refractivity contribution in [3.05, 3.63) is 69.9 Å². The molecule has 1 aliphatic heterocycles. The molecular weight excluding hydrogens is 376 g/mol. The van der Waals surface area contributed by atoms with Crippen LogP contribution < -0.4 is 5.32 Å². The fraction of sp³-hybridized carbons (Fsp3) is 0.273. The predicted octanol–water partition coefficient (Wildman–Crippen LogP) is 4.19. The summed E-state index contributed by atoms with van der Waals surface area (Å²) in [7, 11) is 1.60. The van der Waals surface area contributed by atoms with Crippen LogP contribution in [0.4, 0.5) is 5.69 Å². The Morgan fingerprint density at radius 3 is 2.43 bits per heavy atom. The third-order valence-electron chi connectivity index (χ3n) is 4.68. The number of benzene rings is 2. The van der Waals surface area contributed by atoms with Crippen LogP contribution in [-0.2, 0) is 14.3 Å². The Hall–Kier alpha value is -2.63. The number of aryl methyl sites for hydroxylation is 2. The summed E-state index contributed by atoms with van der Waals surface area (Å²) in [5, 5.41) is 3.79. The minimum absolute atomic E-state index is 0.290. The van der Waals surface area contributed by atoms with Gasteiger partial charge in [-0.1, -0.05) is 35.9 Å². The molecule has 0 aliphatic carbocycles. The molecule has 0 saturated carbocycles. The molecule has 3 rings (SSSR count). The van der Waals surface area contributed by atoms with E-state index in [-0.39, 0.29) is 11.8 Å². The van der Waals surface area contributed by atoms with Crippen molar-refractivity contribution in [3.63, 3.8) is 0 Å². The number of amides is 2. The topological polar surface area (TPSA) is 58.6 Å². The van der Waals surface area contributed by atoms with E-state index in [0.29, 0.717) is 41.4 Å². The number of nitrogens with zero attached hydrogens (tertiary/aromatic N) is 1. The molecule has 1 aliphatic rings. The summed E-state index contributed by atoms with van der Waals surface area (Å²) in [6, 6.07) is 12.9. The van der Waals surface area contributed by atoms with Gasteiger partial charge < -0.3 is 10.1 Å². The number of rotatable bonds is 7. The first kappa shape index (κ1) is 20.1. The smallest absolute Gasteiger partial charge is 0.278 e. The number of imide groups is 1. The number of hydrogen-bond acceptors (Lipinski definition) is 4. The van der Waals surface area contributed by atoms with Crippen LogP contribution >= 0.6 is 11.6 Å². The van der Waals surface area contributed by atoms with E-state index in [1.54, 1.807) is 31.4 Å². The van der Waals surface area contributed by atoms with Crippen molar-refractivity contribution in [2.24, 2.45) is 0 Å². The van der Waals surface area contributed by atoms with Crippen molar-refractivity contribution >= 4 is 34.7 Å². The van der Waals surface area contributed by atoms with Gasteiger partial charge in [0.15, 0.2) is 0 Å². The van der Waals surface area contributed by atoms with Gasteiger partial charge in [0.25, 0.3) is 11.8 Å². The van der Waals surface area contributed by atoms with Crippen LogP contribution in [0.15, 0.2) is 48.2 Å². The lowest BCUT2D eigenvalue weighted by Gasteiger charge is -2.15. The van der Waals surface area contributed by atoms with E-state index in [1.807, 2.05) is 32.0 Å². The summed E-state index contributed by atoms with van der Waals surface area (Å²) in [5.74, 6) is -0.636. The van der Waals surface area contributed by atoms with E-state index in [9.17, 15) is 9.59 Å². The maximum absolute atomic E-state index is 13.1. The van der Waals surface area contributed by atoms with Gasteiger partial charge in [-0.3, -0.25) is 14.5 Å². The maximum Gasteiger partial charge on any atom is 0.278 e. The first-order valence-corrected chi connectivity index (χ1v) is 9.49. The Morgan fingerprint density at radius 1 is 1.04 bits per heavy atom. The van der Waals surface area contributed by atoms with Crippen molar-refractivity contribution in [1.29, 1.82) is 0 Å². The minimum Gasteiger partial charge on any atom is -0.385 e. The largest absolute Gasteiger partial charge is 0.385 e. The van der Waals surface area contributed by atoms with E-state index in [0.717, 1.165) is 16.8 Å². The number of halogens is 1. The van der Waals surface area contributed by atoms with Crippen LogP contribution in [0.5, 0.6) is 0 Å². The second-order valence-corrected chi connectivity index (χ2v) is 7.25. The Bertz CT molecular complexity index is 935. The van der Waals surface area contributed by atoms with Crippen molar-refractivity contribution in [2.75, 3.05) is 25.6 Å². The number of carbonyl (C=O) groups excluding carboxylic acids is 2. The fourth-order valence-corrected chi connectivity index (χ4v) is 3.28. The molecule has 2 aromatic carbocycles. The average Bonchev–Trinajstić information content (AvgIpc) is 2.90. The van der Waals surface area contributed by atoms with Crippen LogP contribution in [0.25, 0.3) is 5.57 Å². The lowest BCUT2D eigenvalue weighted by molar-refractivity contribution is -0.136. The van der Waals surface area contributed by atoms with Crippen LogP contribution in [0.2, 0.25) is 5.02 Å². The quantitative estimate of drug-likeness (QED) is 0.561. The molecule has 28 heavy (non-hydrogen) atoms. The molecule has 0 bridgehead atoms. The van der Waals surface area contributed by atoms with E-state index in [1.165, 1.54) is 4.90 Å². The zero-order valence-electron chi connectivity index (χ0n) is 16.2. The van der Waals surface area contributed by atoms with E-state index in [4.69, 9.17) is 16.3 Å². The molecule has 1 heterocycles. The molecule has 0 fully saturated rings. The van der Waals surface area contributed by atoms with Gasteiger partial charge in [0.2, 0.25) is 0 Å². The van der Waals surface area contributed by atoms with Crippen LogP contribution in [0.1, 0.15) is 23.1 Å². The van der Waals surface area contributed by atoms with Crippen molar-refractivity contribution < 1.29 is 14.3 Å². The molecule has 0 atom stereocenters. The Balaban J connectivity index is 2.02. The molecule has 0 unspecified atom stereocenters. The Labute approximate surface area is 169 Å². The highest BCUT2D eigenvalue weighted by Gasteiger charge is 2.38. The van der Waals surface area contributed by atoms with E-state index >= 15 is 0 Å². The lowest BCUT2D eigenvalue weighted by Crippen LogP contribution is -2.34. The normalized spacial score (nSPS) is 14.2. The van der Waals surface area contributed by atoms with Gasteiger partial charge in [0.05, 0.1) is 5.57 Å². The average molecular weight is 399 g/mol. The second kappa shape index (κ2) is 8.59. The van der Waals surface area contributed by atoms with E-state index in [2.05, 4.69) is 5.32 Å². The summed E-state index contributed by atoms with van der Waals surface area (Å²) < 4.78 is 5.06. The van der Waals surface area contributed by atoms with Crippen molar-refractivity contribution in [2.45, 2.75) is 20.3 Å². The number of hydrogen-bond donors (Lipinski definition) is 1. The van der Waals surface area contributed by atoms with Crippen LogP contribution in [0.3, 0.4) is 0 Å². The number of nitrogens with one attached hydrogen (secondary N) is 1. The summed E-state index contributed by atoms with van der Waals surface area (Å²) in [5.41, 5.74) is 4.17. The first-order chi connectivity index (χ1) is 13.4. The van der Waals surface area contributed by atoms with Crippen LogP contribution in [-0.4, -0.2) is 37.0 Å². The van der Waals surface area contributed by atoms with Crippen LogP contribution in [0, 0.1) is 13.8 Å². The molecule has 0 radical (unpaired) electrons. The van der Waals surface area contributed by atoms with Gasteiger partial charge in [0, 0.05) is 31.0 Å².